The third-order valence-corrected chi connectivity index (χ3v) is 2.05. The highest BCUT2D eigenvalue weighted by Gasteiger charge is 2.36. The van der Waals surface area contributed by atoms with Gasteiger partial charge in [0.15, 0.2) is 0 Å². The second-order valence-electron chi connectivity index (χ2n) is 2.23. The molecule has 3 heteroatoms. The minimum Gasteiger partial charge on any atom is -0.394 e. The number of aliphatic hydroxyl groups excluding tert-OH is 1. The molecule has 1 aliphatic rings. The molecule has 0 saturated carbocycles. The summed E-state index contributed by atoms with van der Waals surface area (Å²) in [7, 11) is 0. The van der Waals surface area contributed by atoms with Crippen molar-refractivity contribution < 1.29 is 9.84 Å². The minimum absolute atomic E-state index is 0.157. The summed E-state index contributed by atoms with van der Waals surface area (Å²) in [5.41, 5.74) is 0. The summed E-state index contributed by atoms with van der Waals surface area (Å²) in [5, 5.41) is 9.57. The van der Waals surface area contributed by atoms with Crippen LogP contribution in [-0.2, 0) is 4.74 Å². The van der Waals surface area contributed by atoms with E-state index in [9.17, 15) is 0 Å². The molecule has 1 rings (SSSR count). The number of hydrogen-bond donors (Lipinski definition) is 1. The normalized spacial score (nSPS) is 32.7. The predicted octanol–water partition coefficient (Wildman–Crippen LogP) is 0.921. The molecule has 0 aromatic carbocycles. The zero-order valence-electron chi connectivity index (χ0n) is 5.22. The lowest BCUT2D eigenvalue weighted by Crippen LogP contribution is -1.98. The molecule has 0 radical (unpaired) electrons. The van der Waals surface area contributed by atoms with Crippen LogP contribution in [0.4, 0.5) is 0 Å². The van der Waals surface area contributed by atoms with E-state index in [0.717, 1.165) is 18.2 Å². The Morgan fingerprint density at radius 2 is 2.22 bits per heavy atom. The van der Waals surface area contributed by atoms with Crippen LogP contribution < -0.4 is 0 Å². The van der Waals surface area contributed by atoms with Gasteiger partial charge in [-0.15, -0.1) is 0 Å². The van der Waals surface area contributed by atoms with Crippen LogP contribution in [0.1, 0.15) is 12.8 Å². The SMILES string of the molecule is OC[C@H]1O[C@@H]1CCCBr. The second kappa shape index (κ2) is 3.54. The number of rotatable bonds is 4. The second-order valence-corrected chi connectivity index (χ2v) is 3.02. The lowest BCUT2D eigenvalue weighted by atomic mass is 10.2. The van der Waals surface area contributed by atoms with Crippen molar-refractivity contribution in [1.29, 1.82) is 0 Å². The molecule has 1 fully saturated rings. The molecule has 0 amide bonds. The van der Waals surface area contributed by atoms with Gasteiger partial charge in [-0.25, -0.2) is 0 Å². The van der Waals surface area contributed by atoms with Crippen molar-refractivity contribution in [2.24, 2.45) is 0 Å². The molecule has 1 heterocycles. The molecule has 1 N–H and O–H groups in total. The van der Waals surface area contributed by atoms with Gasteiger partial charge in [-0.1, -0.05) is 15.9 Å². The molecule has 0 unspecified atom stereocenters. The first kappa shape index (κ1) is 7.51. The van der Waals surface area contributed by atoms with Crippen molar-refractivity contribution in [2.45, 2.75) is 25.0 Å². The van der Waals surface area contributed by atoms with Gasteiger partial charge < -0.3 is 9.84 Å². The maximum atomic E-state index is 8.54. The summed E-state index contributed by atoms with van der Waals surface area (Å²) in [6.07, 6.45) is 2.73. The number of alkyl halides is 1. The number of epoxide rings is 1. The van der Waals surface area contributed by atoms with Crippen molar-refractivity contribution in [3.8, 4) is 0 Å². The Morgan fingerprint density at radius 1 is 1.44 bits per heavy atom. The molecule has 2 nitrogen and oxygen atoms in total. The van der Waals surface area contributed by atoms with Gasteiger partial charge in [-0.2, -0.15) is 0 Å². The number of ether oxygens (including phenoxy) is 1. The van der Waals surface area contributed by atoms with Crippen LogP contribution >= 0.6 is 15.9 Å². The van der Waals surface area contributed by atoms with E-state index in [0.29, 0.717) is 6.10 Å². The molecule has 0 spiro atoms. The molecule has 0 aromatic rings. The monoisotopic (exact) mass is 194 g/mol. The molecular formula is C6H11BrO2. The van der Waals surface area contributed by atoms with E-state index in [4.69, 9.17) is 9.84 Å². The van der Waals surface area contributed by atoms with Crippen molar-refractivity contribution in [2.75, 3.05) is 11.9 Å². The Hall–Kier alpha value is 0.400. The fourth-order valence-electron chi connectivity index (χ4n) is 0.872. The summed E-state index contributed by atoms with van der Waals surface area (Å²) in [5.74, 6) is 0. The smallest absolute Gasteiger partial charge is 0.107 e. The van der Waals surface area contributed by atoms with Gasteiger partial charge in [0.1, 0.15) is 6.10 Å². The Kier molecular flexibility index (Phi) is 2.95. The lowest BCUT2D eigenvalue weighted by Gasteiger charge is -1.87. The summed E-state index contributed by atoms with van der Waals surface area (Å²) in [6.45, 7) is 0.187. The first-order valence-electron chi connectivity index (χ1n) is 3.20. The van der Waals surface area contributed by atoms with Crippen LogP contribution in [0.15, 0.2) is 0 Å². The molecule has 0 bridgehead atoms. The summed E-state index contributed by atoms with van der Waals surface area (Å²) < 4.78 is 5.10. The highest BCUT2D eigenvalue weighted by atomic mass is 79.9. The van der Waals surface area contributed by atoms with E-state index < -0.39 is 0 Å². The van der Waals surface area contributed by atoms with E-state index in [-0.39, 0.29) is 12.7 Å². The van der Waals surface area contributed by atoms with E-state index in [2.05, 4.69) is 15.9 Å². The number of halogens is 1. The van der Waals surface area contributed by atoms with Crippen LogP contribution in [-0.4, -0.2) is 29.3 Å². The van der Waals surface area contributed by atoms with E-state index in [1.807, 2.05) is 0 Å². The molecule has 1 saturated heterocycles. The van der Waals surface area contributed by atoms with Gasteiger partial charge >= 0.3 is 0 Å². The largest absolute Gasteiger partial charge is 0.394 e. The van der Waals surface area contributed by atoms with Crippen LogP contribution in [0, 0.1) is 0 Å². The molecule has 2 atom stereocenters. The summed E-state index contributed by atoms with van der Waals surface area (Å²) in [4.78, 5) is 0. The van der Waals surface area contributed by atoms with Crippen molar-refractivity contribution in [3.05, 3.63) is 0 Å². The third-order valence-electron chi connectivity index (χ3n) is 1.49. The van der Waals surface area contributed by atoms with Gasteiger partial charge in [0.25, 0.3) is 0 Å². The summed E-state index contributed by atoms with van der Waals surface area (Å²) >= 11 is 3.33. The predicted molar refractivity (Wildman–Crippen MR) is 38.8 cm³/mol. The van der Waals surface area contributed by atoms with Crippen molar-refractivity contribution >= 4 is 15.9 Å². The Labute approximate surface area is 63.3 Å². The van der Waals surface area contributed by atoms with Gasteiger partial charge in [-0.3, -0.25) is 0 Å². The van der Waals surface area contributed by atoms with Gasteiger partial charge in [0, 0.05) is 5.33 Å². The number of aliphatic hydroxyl groups is 1. The number of hydrogen-bond acceptors (Lipinski definition) is 2. The van der Waals surface area contributed by atoms with Crippen LogP contribution in [0.3, 0.4) is 0 Å². The van der Waals surface area contributed by atoms with E-state index in [1.165, 1.54) is 0 Å². The first-order chi connectivity index (χ1) is 4.38. The molecule has 54 valence electrons. The molecule has 0 aromatic heterocycles. The Bertz CT molecular complexity index is 87.1. The average Bonchev–Trinajstić information content (AvgIpc) is 2.62. The maximum Gasteiger partial charge on any atom is 0.107 e. The summed E-state index contributed by atoms with van der Waals surface area (Å²) in [6, 6.07) is 0. The highest BCUT2D eigenvalue weighted by Crippen LogP contribution is 2.25. The minimum atomic E-state index is 0.157. The fourth-order valence-corrected chi connectivity index (χ4v) is 1.20. The third kappa shape index (κ3) is 2.24. The van der Waals surface area contributed by atoms with Gasteiger partial charge in [0.05, 0.1) is 12.7 Å². The zero-order chi connectivity index (χ0) is 6.69. The quantitative estimate of drug-likeness (QED) is 0.534. The van der Waals surface area contributed by atoms with Crippen LogP contribution in [0.2, 0.25) is 0 Å². The van der Waals surface area contributed by atoms with Crippen molar-refractivity contribution in [3.63, 3.8) is 0 Å². The molecule has 9 heavy (non-hydrogen) atoms. The fraction of sp³-hybridized carbons (Fsp3) is 1.00. The van der Waals surface area contributed by atoms with Crippen molar-refractivity contribution in [1.82, 2.24) is 0 Å². The zero-order valence-corrected chi connectivity index (χ0v) is 6.80. The maximum absolute atomic E-state index is 8.54. The molecule has 0 aliphatic carbocycles. The Balaban J connectivity index is 1.92. The van der Waals surface area contributed by atoms with Crippen LogP contribution in [0.25, 0.3) is 0 Å². The van der Waals surface area contributed by atoms with E-state index in [1.54, 1.807) is 0 Å². The van der Waals surface area contributed by atoms with Gasteiger partial charge in [-0.05, 0) is 12.8 Å². The topological polar surface area (TPSA) is 32.8 Å². The highest BCUT2D eigenvalue weighted by molar-refractivity contribution is 9.09. The van der Waals surface area contributed by atoms with Gasteiger partial charge in [0.2, 0.25) is 0 Å². The Morgan fingerprint density at radius 3 is 2.67 bits per heavy atom. The lowest BCUT2D eigenvalue weighted by molar-refractivity contribution is 0.241. The van der Waals surface area contributed by atoms with E-state index >= 15 is 0 Å². The molecular weight excluding hydrogens is 184 g/mol. The standard InChI is InChI=1S/C6H11BrO2/c7-3-1-2-5-6(4-8)9-5/h5-6,8H,1-4H2/t5-,6-/m1/s1. The van der Waals surface area contributed by atoms with Crippen LogP contribution in [0.5, 0.6) is 0 Å². The average molecular weight is 195 g/mol. The first-order valence-corrected chi connectivity index (χ1v) is 4.33. The molecule has 1 aliphatic heterocycles.